The molecule has 0 saturated carbocycles. The van der Waals surface area contributed by atoms with Crippen molar-refractivity contribution in [2.45, 2.75) is 13.3 Å². The van der Waals surface area contributed by atoms with Gasteiger partial charge in [-0.05, 0) is 47.5 Å². The van der Waals surface area contributed by atoms with Crippen molar-refractivity contribution >= 4 is 33.7 Å². The van der Waals surface area contributed by atoms with Crippen molar-refractivity contribution in [1.29, 1.82) is 0 Å². The van der Waals surface area contributed by atoms with Gasteiger partial charge >= 0.3 is 0 Å². The molecular formula is C27H20FN7O. The van der Waals surface area contributed by atoms with Gasteiger partial charge in [0.1, 0.15) is 17.2 Å². The Morgan fingerprint density at radius 2 is 1.75 bits per heavy atom. The molecule has 36 heavy (non-hydrogen) atoms. The predicted molar refractivity (Wildman–Crippen MR) is 137 cm³/mol. The second-order valence-corrected chi connectivity index (χ2v) is 8.37. The van der Waals surface area contributed by atoms with Crippen molar-refractivity contribution in [2.75, 3.05) is 5.32 Å². The zero-order chi connectivity index (χ0) is 24.6. The van der Waals surface area contributed by atoms with Gasteiger partial charge in [0.25, 0.3) is 0 Å². The van der Waals surface area contributed by atoms with E-state index in [0.717, 1.165) is 38.7 Å². The second kappa shape index (κ2) is 8.70. The first-order valence-corrected chi connectivity index (χ1v) is 11.4. The molecule has 0 aliphatic carbocycles. The van der Waals surface area contributed by atoms with Gasteiger partial charge in [-0.25, -0.2) is 14.4 Å². The monoisotopic (exact) mass is 477 g/mol. The summed E-state index contributed by atoms with van der Waals surface area (Å²) in [4.78, 5) is 28.4. The first kappa shape index (κ1) is 21.6. The van der Waals surface area contributed by atoms with Crippen LogP contribution >= 0.6 is 0 Å². The minimum Gasteiger partial charge on any atom is -0.338 e. The number of amides is 1. The molecular weight excluding hydrogens is 457 g/mol. The molecule has 9 heteroatoms. The molecule has 0 aliphatic rings. The van der Waals surface area contributed by atoms with E-state index in [1.807, 2.05) is 24.3 Å². The summed E-state index contributed by atoms with van der Waals surface area (Å²) in [5.74, 6) is -0.356. The number of fused-ring (bicyclic) bond motifs is 2. The zero-order valence-electron chi connectivity index (χ0n) is 19.2. The van der Waals surface area contributed by atoms with Gasteiger partial charge in [-0.3, -0.25) is 14.9 Å². The van der Waals surface area contributed by atoms with E-state index >= 15 is 0 Å². The highest BCUT2D eigenvalue weighted by Gasteiger charge is 2.16. The highest BCUT2D eigenvalue weighted by molar-refractivity contribution is 6.00. The van der Waals surface area contributed by atoms with Crippen LogP contribution in [0.1, 0.15) is 13.3 Å². The maximum Gasteiger partial charge on any atom is 0.224 e. The van der Waals surface area contributed by atoms with Crippen LogP contribution in [-0.2, 0) is 4.79 Å². The normalized spacial score (nSPS) is 11.3. The molecule has 0 fully saturated rings. The molecule has 6 rings (SSSR count). The average Bonchev–Trinajstić information content (AvgIpc) is 3.53. The van der Waals surface area contributed by atoms with Crippen LogP contribution in [0.15, 0.2) is 73.3 Å². The number of rotatable bonds is 5. The lowest BCUT2D eigenvalue weighted by Gasteiger charge is -2.06. The molecule has 6 aromatic rings. The fraction of sp³-hybridized carbons (Fsp3) is 0.0741. The largest absolute Gasteiger partial charge is 0.338 e. The molecule has 0 radical (unpaired) electrons. The maximum absolute atomic E-state index is 13.4. The van der Waals surface area contributed by atoms with Gasteiger partial charge in [0.05, 0.1) is 17.6 Å². The SMILES string of the molecule is CCC(=O)Nc1cncc(-c2cnc3[nH]nc(-c4cc5c(-c6ccc(F)cc6)ccnc5[nH]4)c3c2)c1. The molecule has 0 atom stereocenters. The lowest BCUT2D eigenvalue weighted by Crippen LogP contribution is -2.09. The molecule has 1 amide bonds. The van der Waals surface area contributed by atoms with Crippen LogP contribution in [0.3, 0.4) is 0 Å². The number of hydrogen-bond acceptors (Lipinski definition) is 5. The number of nitrogens with one attached hydrogen (secondary N) is 3. The smallest absolute Gasteiger partial charge is 0.224 e. The lowest BCUT2D eigenvalue weighted by atomic mass is 10.0. The van der Waals surface area contributed by atoms with E-state index in [2.05, 4.69) is 35.5 Å². The van der Waals surface area contributed by atoms with Gasteiger partial charge in [0, 0.05) is 46.9 Å². The summed E-state index contributed by atoms with van der Waals surface area (Å²) in [6.45, 7) is 1.80. The number of anilines is 1. The first-order valence-electron chi connectivity index (χ1n) is 11.4. The number of nitrogens with zero attached hydrogens (tertiary/aromatic N) is 4. The predicted octanol–water partition coefficient (Wildman–Crippen LogP) is 5.72. The fourth-order valence-corrected chi connectivity index (χ4v) is 4.22. The fourth-order valence-electron chi connectivity index (χ4n) is 4.22. The third-order valence-electron chi connectivity index (χ3n) is 6.04. The van der Waals surface area contributed by atoms with Gasteiger partial charge in [-0.1, -0.05) is 19.1 Å². The molecule has 0 bridgehead atoms. The van der Waals surface area contributed by atoms with Gasteiger partial charge in [-0.2, -0.15) is 5.10 Å². The first-order chi connectivity index (χ1) is 17.6. The van der Waals surface area contributed by atoms with Crippen molar-refractivity contribution in [3.63, 3.8) is 0 Å². The molecule has 0 aliphatic heterocycles. The maximum atomic E-state index is 13.4. The molecule has 5 aromatic heterocycles. The van der Waals surface area contributed by atoms with Crippen LogP contribution in [0.25, 0.3) is 55.7 Å². The average molecular weight is 478 g/mol. The van der Waals surface area contributed by atoms with Gasteiger partial charge in [0.2, 0.25) is 5.91 Å². The van der Waals surface area contributed by atoms with Crippen LogP contribution in [0.5, 0.6) is 0 Å². The summed E-state index contributed by atoms with van der Waals surface area (Å²) < 4.78 is 13.4. The zero-order valence-corrected chi connectivity index (χ0v) is 19.2. The number of pyridine rings is 3. The Bertz CT molecular complexity index is 1740. The number of aromatic nitrogens is 6. The minimum absolute atomic E-state index is 0.0768. The van der Waals surface area contributed by atoms with Crippen LogP contribution in [0.2, 0.25) is 0 Å². The van der Waals surface area contributed by atoms with Gasteiger partial charge < -0.3 is 10.3 Å². The Morgan fingerprint density at radius 3 is 2.58 bits per heavy atom. The summed E-state index contributed by atoms with van der Waals surface area (Å²) in [6, 6.07) is 14.2. The summed E-state index contributed by atoms with van der Waals surface area (Å²) in [7, 11) is 0. The van der Waals surface area contributed by atoms with E-state index in [1.54, 1.807) is 43.8 Å². The standard InChI is InChI=1S/C27H20FN7O/c1-2-24(36)32-19-9-16(12-29-14-19)17-10-22-25(34-35-27(22)31-13-17)23-11-21-20(7-8-30-26(21)33-23)15-3-5-18(28)6-4-15/h3-14H,2H2,1H3,(H,30,33)(H,32,36)(H,31,34,35). The van der Waals surface area contributed by atoms with Crippen LogP contribution in [0.4, 0.5) is 10.1 Å². The van der Waals surface area contributed by atoms with Crippen LogP contribution < -0.4 is 5.32 Å². The quantitative estimate of drug-likeness (QED) is 0.294. The molecule has 0 unspecified atom stereocenters. The highest BCUT2D eigenvalue weighted by atomic mass is 19.1. The third kappa shape index (κ3) is 3.86. The second-order valence-electron chi connectivity index (χ2n) is 8.37. The van der Waals surface area contributed by atoms with E-state index in [-0.39, 0.29) is 11.7 Å². The van der Waals surface area contributed by atoms with E-state index in [1.165, 1.54) is 12.1 Å². The van der Waals surface area contributed by atoms with Crippen LogP contribution in [0, 0.1) is 5.82 Å². The van der Waals surface area contributed by atoms with Crippen molar-refractivity contribution in [3.8, 4) is 33.6 Å². The molecule has 0 spiro atoms. The highest BCUT2D eigenvalue weighted by Crippen LogP contribution is 2.34. The summed E-state index contributed by atoms with van der Waals surface area (Å²) in [5, 5.41) is 12.1. The Balaban J connectivity index is 1.42. The molecule has 1 aromatic carbocycles. The van der Waals surface area contributed by atoms with E-state index in [4.69, 9.17) is 0 Å². The Kier molecular flexibility index (Phi) is 5.22. The molecule has 5 heterocycles. The number of carbonyl (C=O) groups is 1. The summed E-state index contributed by atoms with van der Waals surface area (Å²) in [6.07, 6.45) is 7.19. The number of aromatic amines is 2. The number of benzene rings is 1. The van der Waals surface area contributed by atoms with Crippen molar-refractivity contribution in [2.24, 2.45) is 0 Å². The van der Waals surface area contributed by atoms with E-state index < -0.39 is 0 Å². The number of hydrogen-bond donors (Lipinski definition) is 3. The molecule has 0 saturated heterocycles. The Morgan fingerprint density at radius 1 is 0.917 bits per heavy atom. The lowest BCUT2D eigenvalue weighted by molar-refractivity contribution is -0.115. The summed E-state index contributed by atoms with van der Waals surface area (Å²) in [5.41, 5.74) is 6.95. The minimum atomic E-state index is -0.279. The number of carbonyl (C=O) groups excluding carboxylic acids is 1. The molecule has 3 N–H and O–H groups in total. The van der Waals surface area contributed by atoms with E-state index in [9.17, 15) is 9.18 Å². The van der Waals surface area contributed by atoms with Crippen molar-refractivity contribution in [1.82, 2.24) is 30.1 Å². The van der Waals surface area contributed by atoms with Gasteiger partial charge in [0.15, 0.2) is 5.65 Å². The summed E-state index contributed by atoms with van der Waals surface area (Å²) >= 11 is 0. The van der Waals surface area contributed by atoms with Crippen molar-refractivity contribution < 1.29 is 9.18 Å². The van der Waals surface area contributed by atoms with Crippen LogP contribution in [-0.4, -0.2) is 36.0 Å². The number of halogens is 1. The third-order valence-corrected chi connectivity index (χ3v) is 6.04. The number of H-pyrrole nitrogens is 2. The van der Waals surface area contributed by atoms with Gasteiger partial charge in [-0.15, -0.1) is 0 Å². The Hall–Kier alpha value is -4.92. The van der Waals surface area contributed by atoms with E-state index in [0.29, 0.717) is 29.1 Å². The molecule has 176 valence electrons. The Labute approximate surface area is 204 Å². The topological polar surface area (TPSA) is 112 Å². The van der Waals surface area contributed by atoms with Crippen molar-refractivity contribution in [3.05, 3.63) is 79.1 Å². The molecule has 8 nitrogen and oxygen atoms in total.